The first kappa shape index (κ1) is 60.1. The summed E-state index contributed by atoms with van der Waals surface area (Å²) in [5.41, 5.74) is 1.32. The molecule has 0 saturated carbocycles. The molecule has 9 nitrogen and oxygen atoms in total. The number of rotatable bonds is 0. The van der Waals surface area contributed by atoms with Crippen molar-refractivity contribution in [1.29, 1.82) is 0 Å². The molecule has 0 aromatic heterocycles. The molecule has 0 atom stereocenters. The van der Waals surface area contributed by atoms with E-state index in [0.29, 0.717) is 22.3 Å². The molecule has 0 bridgehead atoms. The summed E-state index contributed by atoms with van der Waals surface area (Å²) in [6, 6.07) is 7.18. The van der Waals surface area contributed by atoms with Crippen LogP contribution in [0.4, 0.5) is 0 Å². The Bertz CT molecular complexity index is 1100. The van der Waals surface area contributed by atoms with E-state index < -0.39 is 0 Å². The van der Waals surface area contributed by atoms with Gasteiger partial charge < -0.3 is 44.1 Å². The van der Waals surface area contributed by atoms with Crippen molar-refractivity contribution in [2.75, 3.05) is 66.1 Å². The molecule has 7 rings (SSSR count). The average Bonchev–Trinajstić information content (AvgIpc) is 3.97. The topological polar surface area (TPSA) is 138 Å². The molecule has 330 valence electrons. The Labute approximate surface area is 392 Å². The van der Waals surface area contributed by atoms with Gasteiger partial charge in [-0.1, -0.05) is 130 Å². The number of hydrogen-bond acceptors (Lipinski definition) is 9. The Balaban J connectivity index is 0. The maximum absolute atomic E-state index is 12.0. The summed E-state index contributed by atoms with van der Waals surface area (Å²) in [5, 5.41) is 47.9. The van der Waals surface area contributed by atoms with Crippen LogP contribution >= 0.6 is 0 Å². The first-order chi connectivity index (χ1) is 26.6. The summed E-state index contributed by atoms with van der Waals surface area (Å²) in [6.07, 6.45) is 12.8. The largest absolute Gasteiger partial charge is 2.00 e. The summed E-state index contributed by atoms with van der Waals surface area (Å²) in [5.74, 6) is -1.39. The molecular weight excluding hydrogens is 769 g/mol. The van der Waals surface area contributed by atoms with Gasteiger partial charge in [0.05, 0.1) is 0 Å². The zero-order valence-corrected chi connectivity index (χ0v) is 42.4. The van der Waals surface area contributed by atoms with E-state index in [2.05, 4.69) is 0 Å². The van der Waals surface area contributed by atoms with Crippen LogP contribution in [0.2, 0.25) is 0 Å². The molecule has 2 aromatic carbocycles. The van der Waals surface area contributed by atoms with Gasteiger partial charge in [-0.3, -0.25) is 0 Å². The van der Waals surface area contributed by atoms with Gasteiger partial charge in [0.25, 0.3) is 0 Å². The molecule has 0 radical (unpaired) electrons. The van der Waals surface area contributed by atoms with Crippen molar-refractivity contribution in [3.05, 3.63) is 46.5 Å². The summed E-state index contributed by atoms with van der Waals surface area (Å²) in [4.78, 5) is 0. The molecule has 0 amide bonds. The molecule has 0 aliphatic carbocycles. The summed E-state index contributed by atoms with van der Waals surface area (Å²) in [7, 11) is 0. The molecule has 5 fully saturated rings. The maximum Gasteiger partial charge on any atom is 2.00 e. The third-order valence-corrected chi connectivity index (χ3v) is 9.59. The zero-order valence-electron chi connectivity index (χ0n) is 39.5. The van der Waals surface area contributed by atoms with Crippen molar-refractivity contribution >= 4 is 46.1 Å². The third-order valence-electron chi connectivity index (χ3n) is 9.59. The fourth-order valence-corrected chi connectivity index (χ4v) is 6.04. The molecule has 2 aromatic rings. The van der Waals surface area contributed by atoms with E-state index in [9.17, 15) is 20.4 Å². The average molecular weight is 850 g/mol. The molecule has 0 spiro atoms. The molecular formula is C48H80Mg2O9. The van der Waals surface area contributed by atoms with Crippen molar-refractivity contribution < 1.29 is 44.1 Å². The standard InChI is InChI=1S/2C14H22O2.5C4H8O.2Mg/c2*1-13(2,3)9-7-8-10(14(4,5)6)12(16)11(9)15;5*1-2-4-5-3-1;;/h2*7-8,15-16H,1-6H3;5*1-4H2;;/q;;;;;;;2*+2/p-4. The van der Waals surface area contributed by atoms with Crippen LogP contribution in [0, 0.1) is 0 Å². The minimum absolute atomic E-state index is 0. The van der Waals surface area contributed by atoms with Crippen LogP contribution in [-0.2, 0) is 45.3 Å². The molecule has 5 heterocycles. The minimum Gasteiger partial charge on any atom is -0.873 e. The van der Waals surface area contributed by atoms with Crippen LogP contribution in [0.5, 0.6) is 23.0 Å². The fourth-order valence-electron chi connectivity index (χ4n) is 6.04. The first-order valence-electron chi connectivity index (χ1n) is 21.5. The van der Waals surface area contributed by atoms with Crippen LogP contribution in [0.1, 0.15) is 170 Å². The van der Waals surface area contributed by atoms with Crippen molar-refractivity contribution in [1.82, 2.24) is 0 Å². The molecule has 5 aliphatic heterocycles. The van der Waals surface area contributed by atoms with Gasteiger partial charge in [-0.2, -0.15) is 0 Å². The molecule has 0 unspecified atom stereocenters. The van der Waals surface area contributed by atoms with E-state index in [1.54, 1.807) is 24.3 Å². The van der Waals surface area contributed by atoms with Gasteiger partial charge in [-0.25, -0.2) is 0 Å². The van der Waals surface area contributed by atoms with Crippen molar-refractivity contribution in [3.63, 3.8) is 0 Å². The summed E-state index contributed by atoms with van der Waals surface area (Å²) in [6.45, 7) is 33.3. The van der Waals surface area contributed by atoms with E-state index >= 15 is 0 Å². The third kappa shape index (κ3) is 25.6. The minimum atomic E-state index is -0.347. The van der Waals surface area contributed by atoms with E-state index in [1.165, 1.54) is 64.2 Å². The monoisotopic (exact) mass is 849 g/mol. The van der Waals surface area contributed by atoms with E-state index in [-0.39, 0.29) is 90.8 Å². The second-order valence-electron chi connectivity index (χ2n) is 19.2. The number of ether oxygens (including phenoxy) is 5. The van der Waals surface area contributed by atoms with Crippen LogP contribution in [0.25, 0.3) is 0 Å². The first-order valence-corrected chi connectivity index (χ1v) is 21.5. The Kier molecular flexibility index (Phi) is 31.5. The smallest absolute Gasteiger partial charge is 0.873 e. The second kappa shape index (κ2) is 30.9. The Morgan fingerprint density at radius 2 is 0.407 bits per heavy atom. The molecule has 59 heavy (non-hydrogen) atoms. The van der Waals surface area contributed by atoms with Gasteiger partial charge in [0.1, 0.15) is 0 Å². The Hall–Kier alpha value is -1.03. The Morgan fingerprint density at radius 1 is 0.288 bits per heavy atom. The Morgan fingerprint density at radius 3 is 0.475 bits per heavy atom. The second-order valence-corrected chi connectivity index (χ2v) is 19.2. The quantitative estimate of drug-likeness (QED) is 0.241. The summed E-state index contributed by atoms with van der Waals surface area (Å²) >= 11 is 0. The van der Waals surface area contributed by atoms with Crippen LogP contribution in [-0.4, -0.2) is 112 Å². The van der Waals surface area contributed by atoms with Crippen LogP contribution in [0.3, 0.4) is 0 Å². The normalized spacial score (nSPS) is 17.2. The zero-order chi connectivity index (χ0) is 43.1. The van der Waals surface area contributed by atoms with Gasteiger partial charge >= 0.3 is 46.1 Å². The van der Waals surface area contributed by atoms with E-state index in [1.807, 2.05) is 83.1 Å². The number of benzene rings is 2. The number of hydrogen-bond donors (Lipinski definition) is 0. The van der Waals surface area contributed by atoms with Gasteiger partial charge in [0.2, 0.25) is 0 Å². The predicted octanol–water partition coefficient (Wildman–Crippen LogP) is 8.08. The fraction of sp³-hybridized carbons (Fsp3) is 0.750. The van der Waals surface area contributed by atoms with E-state index in [4.69, 9.17) is 23.7 Å². The van der Waals surface area contributed by atoms with Gasteiger partial charge in [-0.15, -0.1) is 23.0 Å². The predicted molar refractivity (Wildman–Crippen MR) is 237 cm³/mol. The van der Waals surface area contributed by atoms with Crippen LogP contribution in [0.15, 0.2) is 24.3 Å². The van der Waals surface area contributed by atoms with Gasteiger partial charge in [0, 0.05) is 66.1 Å². The molecule has 5 aliphatic rings. The van der Waals surface area contributed by atoms with Crippen molar-refractivity contribution in [3.8, 4) is 23.0 Å². The maximum atomic E-state index is 12.0. The van der Waals surface area contributed by atoms with Gasteiger partial charge in [-0.05, 0) is 85.9 Å². The van der Waals surface area contributed by atoms with Gasteiger partial charge in [0.15, 0.2) is 0 Å². The van der Waals surface area contributed by atoms with E-state index in [0.717, 1.165) is 66.1 Å². The summed E-state index contributed by atoms with van der Waals surface area (Å²) < 4.78 is 24.7. The van der Waals surface area contributed by atoms with Crippen LogP contribution < -0.4 is 20.4 Å². The molecule has 5 saturated heterocycles. The SMILES string of the molecule is C1CCOC1.C1CCOC1.C1CCOC1.C1CCOC1.C1CCOC1.CC(C)(C)c1ccc(C(C)(C)C)c([O-])c1[O-].CC(C)(C)c1ccc(C(C)(C)C)c([O-])c1[O-].[Mg+2].[Mg+2]. The van der Waals surface area contributed by atoms with Crippen molar-refractivity contribution in [2.45, 2.75) is 169 Å². The molecule has 0 N–H and O–H groups in total. The van der Waals surface area contributed by atoms with Crippen molar-refractivity contribution in [2.24, 2.45) is 0 Å². The molecule has 11 heteroatoms.